The van der Waals surface area contributed by atoms with Gasteiger partial charge in [-0.15, -0.1) is 0 Å². The largest absolute Gasteiger partial charge is 0.490 e. The minimum Gasteiger partial charge on any atom is -0.475 e. The quantitative estimate of drug-likeness (QED) is 0.442. The first kappa shape index (κ1) is 34.6. The predicted molar refractivity (Wildman–Crippen MR) is 126 cm³/mol. The number of hydrogen-bond acceptors (Lipinski definition) is 7. The van der Waals surface area contributed by atoms with Gasteiger partial charge in [0.05, 0.1) is 17.3 Å². The first-order chi connectivity index (χ1) is 18.5. The molecule has 17 heteroatoms. The van der Waals surface area contributed by atoms with E-state index in [1.54, 1.807) is 12.4 Å². The highest BCUT2D eigenvalue weighted by molar-refractivity contribution is 5.96. The number of rotatable bonds is 5. The summed E-state index contributed by atoms with van der Waals surface area (Å²) < 4.78 is 68.5. The number of hydrogen-bond donors (Lipinski definition) is 3. The maximum atomic E-state index is 13.3. The molecule has 0 radical (unpaired) electrons. The van der Waals surface area contributed by atoms with Gasteiger partial charge in [-0.1, -0.05) is 6.92 Å². The van der Waals surface area contributed by atoms with E-state index in [0.29, 0.717) is 19.5 Å². The van der Waals surface area contributed by atoms with Crippen molar-refractivity contribution in [3.8, 4) is 0 Å². The second-order valence-electron chi connectivity index (χ2n) is 8.70. The molecule has 2 fully saturated rings. The molecule has 226 valence electrons. The van der Waals surface area contributed by atoms with Crippen molar-refractivity contribution in [1.82, 2.24) is 14.8 Å². The summed E-state index contributed by atoms with van der Waals surface area (Å²) in [6.07, 6.45) is -4.50. The van der Waals surface area contributed by atoms with Crippen molar-refractivity contribution >= 4 is 29.4 Å². The molecule has 2 aliphatic rings. The smallest absolute Gasteiger partial charge is 0.475 e. The number of anilines is 1. The number of carboxylic acids is 2. The maximum absolute atomic E-state index is 13.3. The summed E-state index contributed by atoms with van der Waals surface area (Å²) in [5.74, 6) is -5.47. The molecule has 0 aromatic carbocycles. The summed E-state index contributed by atoms with van der Waals surface area (Å²) in [6, 6.07) is 3.83. The van der Waals surface area contributed by atoms with Gasteiger partial charge in [0.2, 0.25) is 11.8 Å². The normalized spacial score (nSPS) is 21.0. The number of carbonyl (C=O) groups excluding carboxylic acids is 2. The number of alkyl halides is 6. The standard InChI is InChI=1S/C19H28N4O3.2C2HF3O2/c1-3-22-11-7-19(18(25)21-15-5-4-9-20-13-15)8-12-23(10-6-16(19)22)17(24)14-26-2;2*3-2(4,5)1(6)7/h4-5,9,13,16H,3,6-8,10-12,14H2,1-2H3,(H,21,25);2*(H,6,7)/t16-,19-;;/m1../s1. The van der Waals surface area contributed by atoms with Crippen molar-refractivity contribution in [2.75, 3.05) is 45.2 Å². The Bertz CT molecular complexity index is 986. The summed E-state index contributed by atoms with van der Waals surface area (Å²) in [4.78, 5) is 51.7. The summed E-state index contributed by atoms with van der Waals surface area (Å²) >= 11 is 0. The van der Waals surface area contributed by atoms with Gasteiger partial charge in [-0.3, -0.25) is 19.5 Å². The first-order valence-electron chi connectivity index (χ1n) is 11.8. The molecule has 40 heavy (non-hydrogen) atoms. The molecule has 0 spiro atoms. The third-order valence-electron chi connectivity index (χ3n) is 6.31. The fourth-order valence-corrected chi connectivity index (χ4v) is 4.40. The number of pyridine rings is 1. The molecule has 0 aliphatic carbocycles. The number of carboxylic acid groups (broad SMARTS) is 2. The van der Waals surface area contributed by atoms with Crippen LogP contribution < -0.4 is 5.32 Å². The zero-order valence-corrected chi connectivity index (χ0v) is 21.6. The minimum absolute atomic E-state index is 0.00154. The Morgan fingerprint density at radius 2 is 1.60 bits per heavy atom. The molecule has 1 aromatic rings. The third-order valence-corrected chi connectivity index (χ3v) is 6.31. The van der Waals surface area contributed by atoms with Crippen LogP contribution in [-0.2, 0) is 23.9 Å². The first-order valence-corrected chi connectivity index (χ1v) is 11.8. The lowest BCUT2D eigenvalue weighted by atomic mass is 9.75. The minimum atomic E-state index is -5.08. The Morgan fingerprint density at radius 3 is 2.05 bits per heavy atom. The van der Waals surface area contributed by atoms with Gasteiger partial charge in [0.15, 0.2) is 0 Å². The highest BCUT2D eigenvalue weighted by Crippen LogP contribution is 2.44. The van der Waals surface area contributed by atoms with E-state index in [9.17, 15) is 35.9 Å². The average Bonchev–Trinajstić information content (AvgIpc) is 3.11. The van der Waals surface area contributed by atoms with Crippen molar-refractivity contribution in [2.45, 2.75) is 44.6 Å². The van der Waals surface area contributed by atoms with Crippen molar-refractivity contribution < 1.29 is 60.5 Å². The van der Waals surface area contributed by atoms with Crippen molar-refractivity contribution in [3.05, 3.63) is 24.5 Å². The number of aliphatic carboxylic acids is 2. The molecular weight excluding hydrogens is 558 g/mol. The Kier molecular flexibility index (Phi) is 12.8. The fraction of sp³-hybridized carbons (Fsp3) is 0.609. The summed E-state index contributed by atoms with van der Waals surface area (Å²) in [6.45, 7) is 5.33. The van der Waals surface area contributed by atoms with Crippen LogP contribution in [0.1, 0.15) is 26.2 Å². The number of amides is 2. The molecule has 2 amide bonds. The molecule has 0 bridgehead atoms. The molecule has 3 rings (SSSR count). The molecule has 2 aliphatic heterocycles. The number of nitrogens with zero attached hydrogens (tertiary/aromatic N) is 3. The van der Waals surface area contributed by atoms with E-state index in [-0.39, 0.29) is 24.5 Å². The lowest BCUT2D eigenvalue weighted by Gasteiger charge is -2.35. The monoisotopic (exact) mass is 588 g/mol. The number of carbonyl (C=O) groups is 4. The van der Waals surface area contributed by atoms with Crippen molar-refractivity contribution in [1.29, 1.82) is 0 Å². The van der Waals surface area contributed by atoms with E-state index in [2.05, 4.69) is 22.1 Å². The number of methoxy groups -OCH3 is 1. The second kappa shape index (κ2) is 14.8. The maximum Gasteiger partial charge on any atom is 0.490 e. The van der Waals surface area contributed by atoms with E-state index in [1.807, 2.05) is 17.0 Å². The fourth-order valence-electron chi connectivity index (χ4n) is 4.40. The molecule has 0 unspecified atom stereocenters. The van der Waals surface area contributed by atoms with Crippen LogP contribution in [0.5, 0.6) is 0 Å². The molecule has 2 saturated heterocycles. The van der Waals surface area contributed by atoms with Gasteiger partial charge in [-0.25, -0.2) is 9.59 Å². The number of ether oxygens (including phenoxy) is 1. The summed E-state index contributed by atoms with van der Waals surface area (Å²) in [7, 11) is 1.53. The van der Waals surface area contributed by atoms with E-state index in [1.165, 1.54) is 7.11 Å². The lowest BCUT2D eigenvalue weighted by molar-refractivity contribution is -0.193. The van der Waals surface area contributed by atoms with E-state index < -0.39 is 29.7 Å². The van der Waals surface area contributed by atoms with Crippen molar-refractivity contribution in [2.24, 2.45) is 5.41 Å². The number of nitrogens with one attached hydrogen (secondary N) is 1. The zero-order chi connectivity index (χ0) is 30.7. The van der Waals surface area contributed by atoms with Crippen LogP contribution in [0, 0.1) is 5.41 Å². The predicted octanol–water partition coefficient (Wildman–Crippen LogP) is 2.64. The van der Waals surface area contributed by atoms with Gasteiger partial charge in [0, 0.05) is 32.4 Å². The van der Waals surface area contributed by atoms with Gasteiger partial charge in [0.1, 0.15) is 6.61 Å². The third kappa shape index (κ3) is 9.93. The van der Waals surface area contributed by atoms with Crippen LogP contribution in [0.2, 0.25) is 0 Å². The van der Waals surface area contributed by atoms with Crippen LogP contribution in [0.3, 0.4) is 0 Å². The van der Waals surface area contributed by atoms with E-state index in [4.69, 9.17) is 24.5 Å². The Balaban J connectivity index is 0.000000473. The van der Waals surface area contributed by atoms with Gasteiger partial charge in [-0.05, 0) is 44.5 Å². The van der Waals surface area contributed by atoms with E-state index in [0.717, 1.165) is 31.6 Å². The lowest BCUT2D eigenvalue weighted by Crippen LogP contribution is -2.47. The van der Waals surface area contributed by atoms with Crippen LogP contribution in [0.25, 0.3) is 0 Å². The molecule has 3 N–H and O–H groups in total. The number of fused-ring (bicyclic) bond motifs is 1. The number of aromatic nitrogens is 1. The van der Waals surface area contributed by atoms with Gasteiger partial charge < -0.3 is 25.2 Å². The topological polar surface area (TPSA) is 149 Å². The summed E-state index contributed by atoms with van der Waals surface area (Å²) in [5.41, 5.74) is 0.255. The van der Waals surface area contributed by atoms with Crippen molar-refractivity contribution in [3.63, 3.8) is 0 Å². The number of halogens is 6. The highest BCUT2D eigenvalue weighted by atomic mass is 19.4. The number of likely N-dealkylation sites (tertiary alicyclic amines) is 2. The highest BCUT2D eigenvalue weighted by Gasteiger charge is 2.53. The molecule has 0 saturated carbocycles. The molecule has 11 nitrogen and oxygen atoms in total. The average molecular weight is 589 g/mol. The van der Waals surface area contributed by atoms with E-state index >= 15 is 0 Å². The van der Waals surface area contributed by atoms with Crippen LogP contribution in [0.15, 0.2) is 24.5 Å². The van der Waals surface area contributed by atoms with Gasteiger partial charge >= 0.3 is 24.3 Å². The molecule has 1 aromatic heterocycles. The van der Waals surface area contributed by atoms with Crippen LogP contribution in [0.4, 0.5) is 32.0 Å². The molecular formula is C23H30F6N4O7. The Morgan fingerprint density at radius 1 is 1.05 bits per heavy atom. The zero-order valence-electron chi connectivity index (χ0n) is 21.6. The summed E-state index contributed by atoms with van der Waals surface area (Å²) in [5, 5.41) is 17.3. The van der Waals surface area contributed by atoms with Crippen LogP contribution >= 0.6 is 0 Å². The molecule has 3 heterocycles. The van der Waals surface area contributed by atoms with Gasteiger partial charge in [-0.2, -0.15) is 26.3 Å². The second-order valence-corrected chi connectivity index (χ2v) is 8.70. The Hall–Kier alpha value is -3.47. The Labute approximate surface area is 225 Å². The SMILES string of the molecule is CCN1CC[C@@]2(C(=O)Nc3cccnc3)CCN(C(=O)COC)CC[C@@H]12.O=C(O)C(F)(F)F.O=C(O)C(F)(F)F. The van der Waals surface area contributed by atoms with Gasteiger partial charge in [0.25, 0.3) is 0 Å². The van der Waals surface area contributed by atoms with Crippen LogP contribution in [-0.4, -0.2) is 107 Å². The molecule has 2 atom stereocenters.